The monoisotopic (exact) mass is 319 g/mol. The summed E-state index contributed by atoms with van der Waals surface area (Å²) >= 11 is 0. The number of carboxylic acids is 1. The number of anilines is 1. The summed E-state index contributed by atoms with van der Waals surface area (Å²) in [6.07, 6.45) is 1.81. The Labute approximate surface area is 140 Å². The lowest BCUT2D eigenvalue weighted by atomic mass is 10.1. The predicted molar refractivity (Wildman–Crippen MR) is 92.7 cm³/mol. The van der Waals surface area contributed by atoms with Crippen molar-refractivity contribution in [2.45, 2.75) is 12.5 Å². The van der Waals surface area contributed by atoms with Gasteiger partial charge in [0.1, 0.15) is 18.2 Å². The van der Waals surface area contributed by atoms with Gasteiger partial charge in [-0.25, -0.2) is 14.8 Å². The van der Waals surface area contributed by atoms with Crippen molar-refractivity contribution in [1.29, 1.82) is 0 Å². The average molecular weight is 319 g/mol. The quantitative estimate of drug-likeness (QED) is 0.729. The zero-order chi connectivity index (χ0) is 16.8. The van der Waals surface area contributed by atoms with Gasteiger partial charge in [0, 0.05) is 18.1 Å². The van der Waals surface area contributed by atoms with Crippen molar-refractivity contribution in [3.63, 3.8) is 0 Å². The maximum absolute atomic E-state index is 11.6. The Bertz CT molecular complexity index is 807. The van der Waals surface area contributed by atoms with E-state index in [2.05, 4.69) is 15.3 Å². The van der Waals surface area contributed by atoms with E-state index in [0.717, 1.165) is 16.8 Å². The lowest BCUT2D eigenvalue weighted by Gasteiger charge is -2.15. The van der Waals surface area contributed by atoms with Crippen LogP contribution < -0.4 is 5.32 Å². The third-order valence-electron chi connectivity index (χ3n) is 3.64. The first-order chi connectivity index (χ1) is 11.7. The smallest absolute Gasteiger partial charge is 0.326 e. The molecule has 0 amide bonds. The zero-order valence-electron chi connectivity index (χ0n) is 13.0. The second kappa shape index (κ2) is 7.37. The first-order valence-electron chi connectivity index (χ1n) is 7.63. The van der Waals surface area contributed by atoms with Crippen LogP contribution in [0.5, 0.6) is 0 Å². The highest BCUT2D eigenvalue weighted by Gasteiger charge is 2.18. The third-order valence-corrected chi connectivity index (χ3v) is 3.64. The molecule has 0 spiro atoms. The minimum Gasteiger partial charge on any atom is -0.480 e. The molecule has 5 heteroatoms. The molecule has 0 aliphatic rings. The Balaban J connectivity index is 1.79. The molecule has 1 atom stereocenters. The van der Waals surface area contributed by atoms with Crippen molar-refractivity contribution in [2.24, 2.45) is 0 Å². The van der Waals surface area contributed by atoms with Gasteiger partial charge < -0.3 is 10.4 Å². The van der Waals surface area contributed by atoms with E-state index in [1.54, 1.807) is 6.07 Å². The van der Waals surface area contributed by atoms with Gasteiger partial charge in [0.15, 0.2) is 0 Å². The number of nitrogens with zero attached hydrogens (tertiary/aromatic N) is 2. The van der Waals surface area contributed by atoms with Gasteiger partial charge in [-0.05, 0) is 5.56 Å². The maximum atomic E-state index is 11.6. The highest BCUT2D eigenvalue weighted by atomic mass is 16.4. The van der Waals surface area contributed by atoms with Crippen LogP contribution in [0.3, 0.4) is 0 Å². The van der Waals surface area contributed by atoms with Gasteiger partial charge >= 0.3 is 5.97 Å². The van der Waals surface area contributed by atoms with Crippen molar-refractivity contribution in [3.8, 4) is 11.3 Å². The summed E-state index contributed by atoms with van der Waals surface area (Å²) in [6.45, 7) is 0. The molecule has 120 valence electrons. The highest BCUT2D eigenvalue weighted by Crippen LogP contribution is 2.19. The van der Waals surface area contributed by atoms with Crippen molar-refractivity contribution in [2.75, 3.05) is 5.32 Å². The lowest BCUT2D eigenvalue weighted by Crippen LogP contribution is -2.31. The first kappa shape index (κ1) is 15.7. The van der Waals surface area contributed by atoms with E-state index >= 15 is 0 Å². The number of carboxylic acid groups (broad SMARTS) is 1. The Morgan fingerprint density at radius 1 is 1.00 bits per heavy atom. The van der Waals surface area contributed by atoms with E-state index < -0.39 is 12.0 Å². The van der Waals surface area contributed by atoms with Crippen molar-refractivity contribution >= 4 is 11.8 Å². The number of rotatable bonds is 6. The molecule has 3 aromatic rings. The van der Waals surface area contributed by atoms with Gasteiger partial charge in [0.05, 0.1) is 5.69 Å². The van der Waals surface area contributed by atoms with Gasteiger partial charge in [0.25, 0.3) is 0 Å². The average Bonchev–Trinajstić information content (AvgIpc) is 2.63. The maximum Gasteiger partial charge on any atom is 0.326 e. The minimum atomic E-state index is -0.918. The highest BCUT2D eigenvalue weighted by molar-refractivity contribution is 5.77. The predicted octanol–water partition coefficient (Wildman–Crippen LogP) is 3.25. The molecule has 0 radical (unpaired) electrons. The fourth-order valence-electron chi connectivity index (χ4n) is 2.43. The standard InChI is InChI=1S/C19H17N3O2/c23-19(24)17(11-14-7-3-1-4-8-14)22-18-12-16(20-13-21-18)15-9-5-2-6-10-15/h1-10,12-13,17H,11H2,(H,23,24)(H,20,21,22). The number of benzene rings is 2. The van der Waals surface area contributed by atoms with E-state index in [1.165, 1.54) is 6.33 Å². The molecule has 0 aliphatic heterocycles. The molecule has 5 nitrogen and oxygen atoms in total. The van der Waals surface area contributed by atoms with Crippen molar-refractivity contribution in [3.05, 3.63) is 78.6 Å². The molecule has 24 heavy (non-hydrogen) atoms. The molecule has 1 heterocycles. The van der Waals surface area contributed by atoms with Crippen LogP contribution in [0.25, 0.3) is 11.3 Å². The second-order valence-electron chi connectivity index (χ2n) is 5.38. The fraction of sp³-hybridized carbons (Fsp3) is 0.105. The Morgan fingerprint density at radius 2 is 1.67 bits per heavy atom. The SMILES string of the molecule is O=C(O)C(Cc1ccccc1)Nc1cc(-c2ccccc2)ncn1. The van der Waals surface area contributed by atoms with Crippen LogP contribution in [0.15, 0.2) is 73.1 Å². The molecule has 0 saturated carbocycles. The lowest BCUT2D eigenvalue weighted by molar-refractivity contribution is -0.137. The van der Waals surface area contributed by atoms with Crippen LogP contribution in [0.2, 0.25) is 0 Å². The normalized spacial score (nSPS) is 11.7. The molecule has 2 aromatic carbocycles. The molecule has 0 fully saturated rings. The summed E-state index contributed by atoms with van der Waals surface area (Å²) in [4.78, 5) is 19.9. The number of hydrogen-bond donors (Lipinski definition) is 2. The summed E-state index contributed by atoms with van der Waals surface area (Å²) in [5.41, 5.74) is 2.66. The second-order valence-corrected chi connectivity index (χ2v) is 5.38. The van der Waals surface area contributed by atoms with Gasteiger partial charge in [-0.1, -0.05) is 60.7 Å². The van der Waals surface area contributed by atoms with E-state index in [1.807, 2.05) is 60.7 Å². The van der Waals surface area contributed by atoms with Gasteiger partial charge in [0.2, 0.25) is 0 Å². The summed E-state index contributed by atoms with van der Waals surface area (Å²) in [7, 11) is 0. The number of nitrogens with one attached hydrogen (secondary N) is 1. The fourth-order valence-corrected chi connectivity index (χ4v) is 2.43. The van der Waals surface area contributed by atoms with Gasteiger partial charge in [-0.3, -0.25) is 0 Å². The van der Waals surface area contributed by atoms with Crippen LogP contribution in [0.1, 0.15) is 5.56 Å². The number of carbonyl (C=O) groups is 1. The van der Waals surface area contributed by atoms with Crippen LogP contribution in [-0.2, 0) is 11.2 Å². The van der Waals surface area contributed by atoms with Crippen molar-refractivity contribution < 1.29 is 9.90 Å². The number of aliphatic carboxylic acids is 1. The minimum absolute atomic E-state index is 0.376. The number of hydrogen-bond acceptors (Lipinski definition) is 4. The Hall–Kier alpha value is -3.21. The van der Waals surface area contributed by atoms with Crippen molar-refractivity contribution in [1.82, 2.24) is 9.97 Å². The molecular formula is C19H17N3O2. The number of aromatic nitrogens is 2. The molecule has 0 saturated heterocycles. The molecule has 3 rings (SSSR count). The molecule has 0 bridgehead atoms. The third kappa shape index (κ3) is 3.95. The van der Waals surface area contributed by atoms with Crippen LogP contribution in [-0.4, -0.2) is 27.1 Å². The van der Waals surface area contributed by atoms with Gasteiger partial charge in [-0.15, -0.1) is 0 Å². The van der Waals surface area contributed by atoms with Gasteiger partial charge in [-0.2, -0.15) is 0 Å². The molecule has 1 aromatic heterocycles. The molecule has 1 unspecified atom stereocenters. The van der Waals surface area contributed by atoms with Crippen LogP contribution in [0, 0.1) is 0 Å². The van der Waals surface area contributed by atoms with Crippen LogP contribution >= 0.6 is 0 Å². The van der Waals surface area contributed by atoms with E-state index in [0.29, 0.717) is 12.2 Å². The first-order valence-corrected chi connectivity index (χ1v) is 7.63. The largest absolute Gasteiger partial charge is 0.480 e. The summed E-state index contributed by atoms with van der Waals surface area (Å²) in [5, 5.41) is 12.5. The summed E-state index contributed by atoms with van der Waals surface area (Å²) < 4.78 is 0. The van der Waals surface area contributed by atoms with E-state index in [4.69, 9.17) is 0 Å². The molecule has 2 N–H and O–H groups in total. The van der Waals surface area contributed by atoms with Crippen LogP contribution in [0.4, 0.5) is 5.82 Å². The molecular weight excluding hydrogens is 302 g/mol. The zero-order valence-corrected chi connectivity index (χ0v) is 13.0. The van der Waals surface area contributed by atoms with E-state index in [9.17, 15) is 9.90 Å². The Morgan fingerprint density at radius 3 is 2.33 bits per heavy atom. The summed E-state index contributed by atoms with van der Waals surface area (Å²) in [6, 6.07) is 20.2. The molecule has 0 aliphatic carbocycles. The van der Waals surface area contributed by atoms with E-state index in [-0.39, 0.29) is 0 Å². The topological polar surface area (TPSA) is 75.1 Å². The Kier molecular flexibility index (Phi) is 4.81. The summed E-state index contributed by atoms with van der Waals surface area (Å²) in [5.74, 6) is -0.425.